The fraction of sp³-hybridized carbons (Fsp3) is 0.227. The molecule has 9 heteroatoms. The highest BCUT2D eigenvalue weighted by molar-refractivity contribution is 7.99. The van der Waals surface area contributed by atoms with Crippen molar-refractivity contribution in [3.05, 3.63) is 75.8 Å². The van der Waals surface area contributed by atoms with Crippen LogP contribution < -0.4 is 5.32 Å². The van der Waals surface area contributed by atoms with Gasteiger partial charge in [0.15, 0.2) is 5.13 Å². The Morgan fingerprint density at radius 1 is 1.10 bits per heavy atom. The smallest absolute Gasteiger partial charge is 0.236 e. The lowest BCUT2D eigenvalue weighted by atomic mass is 10.1. The first-order chi connectivity index (χ1) is 15.0. The van der Waals surface area contributed by atoms with Crippen LogP contribution in [0.15, 0.2) is 53.8 Å². The van der Waals surface area contributed by atoms with E-state index in [1.165, 1.54) is 39.8 Å². The van der Waals surface area contributed by atoms with Crippen molar-refractivity contribution in [1.82, 2.24) is 25.2 Å². The van der Waals surface area contributed by atoms with Crippen LogP contribution in [0.2, 0.25) is 0 Å². The van der Waals surface area contributed by atoms with Crippen molar-refractivity contribution < 1.29 is 4.79 Å². The van der Waals surface area contributed by atoms with Crippen LogP contribution in [0.25, 0.3) is 5.69 Å². The number of hydrogen-bond acceptors (Lipinski definition) is 7. The van der Waals surface area contributed by atoms with Gasteiger partial charge < -0.3 is 5.32 Å². The zero-order chi connectivity index (χ0) is 21.8. The number of carbonyl (C=O) groups excluding carboxylic acids is 1. The monoisotopic (exact) mass is 450 g/mol. The van der Waals surface area contributed by atoms with Crippen molar-refractivity contribution in [3.8, 4) is 5.69 Å². The molecule has 0 spiro atoms. The third kappa shape index (κ3) is 5.36. The van der Waals surface area contributed by atoms with Crippen molar-refractivity contribution in [2.45, 2.75) is 32.3 Å². The predicted molar refractivity (Wildman–Crippen MR) is 124 cm³/mol. The molecule has 0 aliphatic heterocycles. The summed E-state index contributed by atoms with van der Waals surface area (Å²) in [4.78, 5) is 17.8. The lowest BCUT2D eigenvalue weighted by Crippen LogP contribution is -2.14. The number of aromatic nitrogens is 5. The molecule has 0 aliphatic carbocycles. The lowest BCUT2D eigenvalue weighted by molar-refractivity contribution is -0.113. The van der Waals surface area contributed by atoms with Crippen molar-refractivity contribution in [1.29, 1.82) is 0 Å². The molecule has 0 saturated carbocycles. The molecule has 2 heterocycles. The van der Waals surface area contributed by atoms with E-state index in [1.54, 1.807) is 4.68 Å². The molecule has 158 valence electrons. The van der Waals surface area contributed by atoms with Gasteiger partial charge in [-0.2, -0.15) is 4.68 Å². The van der Waals surface area contributed by atoms with Crippen LogP contribution in [0, 0.1) is 20.8 Å². The zero-order valence-corrected chi connectivity index (χ0v) is 19.1. The van der Waals surface area contributed by atoms with Gasteiger partial charge in [-0.15, -0.1) is 16.4 Å². The molecule has 0 fully saturated rings. The lowest BCUT2D eigenvalue weighted by Gasteiger charge is -2.07. The van der Waals surface area contributed by atoms with Gasteiger partial charge in [0.25, 0.3) is 0 Å². The number of thioether (sulfide) groups is 1. The minimum atomic E-state index is -0.143. The normalized spacial score (nSPS) is 10.9. The summed E-state index contributed by atoms with van der Waals surface area (Å²) in [6, 6.07) is 14.5. The van der Waals surface area contributed by atoms with Crippen LogP contribution >= 0.6 is 23.1 Å². The molecule has 0 aliphatic rings. The minimum absolute atomic E-state index is 0.143. The van der Waals surface area contributed by atoms with Gasteiger partial charge >= 0.3 is 0 Å². The first-order valence-electron chi connectivity index (χ1n) is 9.77. The van der Waals surface area contributed by atoms with Crippen LogP contribution in [0.5, 0.6) is 0 Å². The Balaban J connectivity index is 1.34. The fourth-order valence-electron chi connectivity index (χ4n) is 2.93. The Bertz CT molecular complexity index is 1200. The van der Waals surface area contributed by atoms with Crippen molar-refractivity contribution in [2.75, 3.05) is 11.1 Å². The minimum Gasteiger partial charge on any atom is -0.301 e. The van der Waals surface area contributed by atoms with Crippen LogP contribution in [0.4, 0.5) is 5.13 Å². The number of rotatable bonds is 7. The largest absolute Gasteiger partial charge is 0.301 e. The molecule has 1 N–H and O–H groups in total. The molecular formula is C22H22N6OS2. The maximum absolute atomic E-state index is 12.4. The number of nitrogens with zero attached hydrogens (tertiary/aromatic N) is 5. The van der Waals surface area contributed by atoms with Crippen LogP contribution in [0.1, 0.15) is 27.1 Å². The molecule has 2 aromatic carbocycles. The van der Waals surface area contributed by atoms with Gasteiger partial charge in [0.1, 0.15) is 0 Å². The summed E-state index contributed by atoms with van der Waals surface area (Å²) in [5.74, 6) is 0.0498. The predicted octanol–water partition coefficient (Wildman–Crippen LogP) is 4.37. The number of aryl methyl sites for hydroxylation is 3. The molecule has 4 aromatic rings. The van der Waals surface area contributed by atoms with E-state index in [0.717, 1.165) is 22.5 Å². The zero-order valence-electron chi connectivity index (χ0n) is 17.5. The molecule has 0 atom stereocenters. The summed E-state index contributed by atoms with van der Waals surface area (Å²) < 4.78 is 1.65. The third-order valence-corrected chi connectivity index (χ3v) is 6.64. The Kier molecular flexibility index (Phi) is 6.43. The SMILES string of the molecule is Cc1ccc(Cc2cnc(NC(=O)CSc3nnnn3-c3ccc(C)c(C)c3)s2)cc1. The van der Waals surface area contributed by atoms with Crippen molar-refractivity contribution in [2.24, 2.45) is 0 Å². The number of carbonyl (C=O) groups is 1. The van der Waals surface area contributed by atoms with Gasteiger partial charge in [-0.05, 0) is 60.0 Å². The molecule has 4 rings (SSSR count). The van der Waals surface area contributed by atoms with Crippen LogP contribution in [-0.2, 0) is 11.2 Å². The standard InChI is InChI=1S/C22H22N6OS2/c1-14-4-7-17(8-5-14)11-19-12-23-21(31-19)24-20(29)13-30-22-25-26-27-28(22)18-9-6-15(2)16(3)10-18/h4-10,12H,11,13H2,1-3H3,(H,23,24,29). The van der Waals surface area contributed by atoms with Gasteiger partial charge in [-0.1, -0.05) is 47.7 Å². The number of anilines is 1. The van der Waals surface area contributed by atoms with Gasteiger partial charge in [0.2, 0.25) is 11.1 Å². The molecule has 31 heavy (non-hydrogen) atoms. The summed E-state index contributed by atoms with van der Waals surface area (Å²) in [6.07, 6.45) is 2.61. The van der Waals surface area contributed by atoms with Crippen molar-refractivity contribution in [3.63, 3.8) is 0 Å². The van der Waals surface area contributed by atoms with E-state index in [4.69, 9.17) is 0 Å². The second-order valence-corrected chi connectivity index (χ2v) is 9.33. The topological polar surface area (TPSA) is 85.6 Å². The average molecular weight is 451 g/mol. The number of nitrogens with one attached hydrogen (secondary N) is 1. The average Bonchev–Trinajstić information content (AvgIpc) is 3.39. The summed E-state index contributed by atoms with van der Waals surface area (Å²) in [5, 5.41) is 15.9. The van der Waals surface area contributed by atoms with E-state index >= 15 is 0 Å². The summed E-state index contributed by atoms with van der Waals surface area (Å²) in [5.41, 5.74) is 5.70. The number of amides is 1. The molecule has 7 nitrogen and oxygen atoms in total. The summed E-state index contributed by atoms with van der Waals surface area (Å²) >= 11 is 2.78. The molecular weight excluding hydrogens is 428 g/mol. The Labute approximate surface area is 188 Å². The number of tetrazole rings is 1. The van der Waals surface area contributed by atoms with Crippen LogP contribution in [0.3, 0.4) is 0 Å². The van der Waals surface area contributed by atoms with Gasteiger partial charge in [0.05, 0.1) is 11.4 Å². The molecule has 0 saturated heterocycles. The van der Waals surface area contributed by atoms with E-state index < -0.39 is 0 Å². The van der Waals surface area contributed by atoms with Gasteiger partial charge in [-0.3, -0.25) is 4.79 Å². The molecule has 2 aromatic heterocycles. The highest BCUT2D eigenvalue weighted by Crippen LogP contribution is 2.23. The Hall–Kier alpha value is -3.04. The van der Waals surface area contributed by atoms with Crippen molar-refractivity contribution >= 4 is 34.1 Å². The molecule has 0 radical (unpaired) electrons. The Morgan fingerprint density at radius 2 is 1.90 bits per heavy atom. The van der Waals surface area contributed by atoms with E-state index in [1.807, 2.05) is 31.3 Å². The second kappa shape index (κ2) is 9.40. The summed E-state index contributed by atoms with van der Waals surface area (Å²) in [7, 11) is 0. The molecule has 0 bridgehead atoms. The van der Waals surface area contributed by atoms with E-state index in [2.05, 4.69) is 63.9 Å². The van der Waals surface area contributed by atoms with E-state index in [-0.39, 0.29) is 11.7 Å². The maximum Gasteiger partial charge on any atom is 0.236 e. The third-order valence-electron chi connectivity index (χ3n) is 4.81. The quantitative estimate of drug-likeness (QED) is 0.421. The fourth-order valence-corrected chi connectivity index (χ4v) is 4.48. The van der Waals surface area contributed by atoms with Gasteiger partial charge in [-0.25, -0.2) is 4.98 Å². The number of hydrogen-bond donors (Lipinski definition) is 1. The molecule has 0 unspecified atom stereocenters. The summed E-state index contributed by atoms with van der Waals surface area (Å²) in [6.45, 7) is 6.18. The maximum atomic E-state index is 12.4. The van der Waals surface area contributed by atoms with Gasteiger partial charge in [0, 0.05) is 17.5 Å². The number of thiazole rings is 1. The Morgan fingerprint density at radius 3 is 2.68 bits per heavy atom. The highest BCUT2D eigenvalue weighted by atomic mass is 32.2. The number of benzene rings is 2. The highest BCUT2D eigenvalue weighted by Gasteiger charge is 2.13. The van der Waals surface area contributed by atoms with E-state index in [0.29, 0.717) is 10.3 Å². The van der Waals surface area contributed by atoms with Crippen LogP contribution in [-0.4, -0.2) is 36.9 Å². The molecule has 1 amide bonds. The van der Waals surface area contributed by atoms with E-state index in [9.17, 15) is 4.79 Å². The first kappa shape index (κ1) is 21.2. The second-order valence-electron chi connectivity index (χ2n) is 7.27. The first-order valence-corrected chi connectivity index (χ1v) is 11.6.